The van der Waals surface area contributed by atoms with Crippen LogP contribution in [0.1, 0.15) is 12.8 Å². The normalized spacial score (nSPS) is 24.7. The zero-order valence-corrected chi connectivity index (χ0v) is 5.67. The molecule has 54 valence electrons. The number of hydroxylamine groups is 2. The summed E-state index contributed by atoms with van der Waals surface area (Å²) in [6, 6.07) is 0. The van der Waals surface area contributed by atoms with E-state index < -0.39 is 0 Å². The van der Waals surface area contributed by atoms with Crippen LogP contribution in [-0.2, 0) is 4.74 Å². The maximum Gasteiger partial charge on any atom is 0.0595 e. The summed E-state index contributed by atoms with van der Waals surface area (Å²) in [5, 5.41) is 11.7. The van der Waals surface area contributed by atoms with Gasteiger partial charge in [0.15, 0.2) is 0 Å². The van der Waals surface area contributed by atoms with E-state index in [0.717, 1.165) is 17.9 Å². The van der Waals surface area contributed by atoms with Crippen molar-refractivity contribution in [1.82, 2.24) is 5.06 Å². The predicted octanol–water partition coefficient (Wildman–Crippen LogP) is 0.595. The maximum atomic E-state index is 10.6. The molecule has 3 nitrogen and oxygen atoms in total. The first-order valence-corrected chi connectivity index (χ1v) is 3.28. The van der Waals surface area contributed by atoms with Gasteiger partial charge in [-0.2, -0.15) is 0 Å². The molecule has 0 aromatic heterocycles. The van der Waals surface area contributed by atoms with E-state index in [1.807, 2.05) is 0 Å². The van der Waals surface area contributed by atoms with Gasteiger partial charge in [0.2, 0.25) is 0 Å². The monoisotopic (exact) mass is 130 g/mol. The third kappa shape index (κ3) is 1.93. The number of hydrogen-bond acceptors (Lipinski definition) is 3. The van der Waals surface area contributed by atoms with Gasteiger partial charge < -0.3 is 15.0 Å². The fourth-order valence-corrected chi connectivity index (χ4v) is 1.07. The van der Waals surface area contributed by atoms with Crippen molar-refractivity contribution in [3.63, 3.8) is 0 Å². The second-order valence-electron chi connectivity index (χ2n) is 2.36. The smallest absolute Gasteiger partial charge is 0.0595 e. The number of piperidine rings is 1. The van der Waals surface area contributed by atoms with Gasteiger partial charge in [-0.15, -0.1) is 0 Å². The van der Waals surface area contributed by atoms with Crippen LogP contribution in [0.25, 0.3) is 0 Å². The minimum absolute atomic E-state index is 0.329. The number of ether oxygens (including phenoxy) is 1. The van der Waals surface area contributed by atoms with Gasteiger partial charge >= 0.3 is 0 Å². The highest BCUT2D eigenvalue weighted by Gasteiger charge is 2.12. The van der Waals surface area contributed by atoms with Gasteiger partial charge in [-0.25, -0.2) is 0 Å². The van der Waals surface area contributed by atoms with Crippen LogP contribution in [0.15, 0.2) is 0 Å². The van der Waals surface area contributed by atoms with E-state index in [1.165, 1.54) is 0 Å². The molecule has 1 aliphatic heterocycles. The lowest BCUT2D eigenvalue weighted by Crippen LogP contribution is -2.32. The van der Waals surface area contributed by atoms with Crippen molar-refractivity contribution in [3.05, 3.63) is 5.21 Å². The van der Waals surface area contributed by atoms with Gasteiger partial charge in [0.25, 0.3) is 0 Å². The summed E-state index contributed by atoms with van der Waals surface area (Å²) < 4.78 is 5.07. The molecule has 0 N–H and O–H groups in total. The molecule has 0 aromatic rings. The van der Waals surface area contributed by atoms with Crippen LogP contribution < -0.4 is 0 Å². The maximum absolute atomic E-state index is 10.6. The summed E-state index contributed by atoms with van der Waals surface area (Å²) in [6.45, 7) is 1.27. The van der Waals surface area contributed by atoms with Crippen molar-refractivity contribution < 1.29 is 4.74 Å². The van der Waals surface area contributed by atoms with E-state index in [4.69, 9.17) is 4.74 Å². The summed E-state index contributed by atoms with van der Waals surface area (Å²) >= 11 is 0. The van der Waals surface area contributed by atoms with Gasteiger partial charge in [0.05, 0.1) is 6.10 Å². The van der Waals surface area contributed by atoms with Crippen LogP contribution in [0, 0.1) is 5.21 Å². The molecule has 9 heavy (non-hydrogen) atoms. The quantitative estimate of drug-likeness (QED) is 0.521. The number of nitrogens with zero attached hydrogens (tertiary/aromatic N) is 1. The molecule has 1 heterocycles. The fourth-order valence-electron chi connectivity index (χ4n) is 1.07. The molecular weight excluding hydrogens is 118 g/mol. The van der Waals surface area contributed by atoms with Crippen LogP contribution >= 0.6 is 0 Å². The van der Waals surface area contributed by atoms with E-state index in [0.29, 0.717) is 19.2 Å². The van der Waals surface area contributed by atoms with E-state index >= 15 is 0 Å². The summed E-state index contributed by atoms with van der Waals surface area (Å²) in [5.41, 5.74) is 0. The molecule has 0 aliphatic carbocycles. The molecule has 0 radical (unpaired) electrons. The Kier molecular flexibility index (Phi) is 2.45. The summed E-state index contributed by atoms with van der Waals surface area (Å²) in [7, 11) is 1.70. The van der Waals surface area contributed by atoms with Crippen LogP contribution in [0.2, 0.25) is 0 Å². The van der Waals surface area contributed by atoms with Crippen LogP contribution in [0.4, 0.5) is 0 Å². The fraction of sp³-hybridized carbons (Fsp3) is 1.00. The lowest BCUT2D eigenvalue weighted by Gasteiger charge is -2.35. The van der Waals surface area contributed by atoms with Crippen molar-refractivity contribution in [2.75, 3.05) is 20.2 Å². The molecule has 0 atom stereocenters. The van der Waals surface area contributed by atoms with Crippen molar-refractivity contribution in [2.24, 2.45) is 0 Å². The molecule has 0 unspecified atom stereocenters. The molecule has 1 saturated heterocycles. The molecule has 1 rings (SSSR count). The lowest BCUT2D eigenvalue weighted by molar-refractivity contribution is 0.0534. The number of hydrogen-bond donors (Lipinski definition) is 0. The highest BCUT2D eigenvalue weighted by Crippen LogP contribution is 2.10. The average molecular weight is 130 g/mol. The predicted molar refractivity (Wildman–Crippen MR) is 35.0 cm³/mol. The van der Waals surface area contributed by atoms with Crippen molar-refractivity contribution >= 4 is 0 Å². The van der Waals surface area contributed by atoms with E-state index in [1.54, 1.807) is 7.11 Å². The molecule has 0 aromatic carbocycles. The Morgan fingerprint density at radius 1 is 1.44 bits per heavy atom. The zero-order valence-electron chi connectivity index (χ0n) is 5.67. The molecule has 0 amide bonds. The molecule has 0 bridgehead atoms. The molecular formula is C6H12NO2-. The van der Waals surface area contributed by atoms with Crippen LogP contribution in [-0.4, -0.2) is 31.4 Å². The highest BCUT2D eigenvalue weighted by atomic mass is 16.5. The Labute approximate surface area is 55.2 Å². The van der Waals surface area contributed by atoms with Gasteiger partial charge in [-0.05, 0) is 25.9 Å². The first-order valence-electron chi connectivity index (χ1n) is 3.28. The summed E-state index contributed by atoms with van der Waals surface area (Å²) in [6.07, 6.45) is 2.11. The standard InChI is InChI=1S/C6H12NO2/c1-9-6-2-4-7(8)5-3-6/h6H,2-5H2,1H3/q-1. The molecule has 1 fully saturated rings. The Bertz CT molecular complexity index is 79.1. The van der Waals surface area contributed by atoms with Gasteiger partial charge in [0.1, 0.15) is 0 Å². The van der Waals surface area contributed by atoms with Crippen molar-refractivity contribution in [3.8, 4) is 0 Å². The minimum Gasteiger partial charge on any atom is -0.785 e. The Balaban J connectivity index is 2.18. The average Bonchev–Trinajstić information content (AvgIpc) is 1.90. The second-order valence-corrected chi connectivity index (χ2v) is 2.36. The largest absolute Gasteiger partial charge is 0.785 e. The molecule has 3 heteroatoms. The number of methoxy groups -OCH3 is 1. The number of rotatable bonds is 1. The SMILES string of the molecule is COC1CCN([O-])CC1. The third-order valence-electron chi connectivity index (χ3n) is 1.73. The molecule has 1 aliphatic rings. The summed E-state index contributed by atoms with van der Waals surface area (Å²) in [4.78, 5) is 0. The van der Waals surface area contributed by atoms with Gasteiger partial charge in [0, 0.05) is 7.11 Å². The Morgan fingerprint density at radius 2 is 2.00 bits per heavy atom. The summed E-state index contributed by atoms with van der Waals surface area (Å²) in [5.74, 6) is 0. The molecule has 0 saturated carbocycles. The minimum atomic E-state index is 0.329. The Hall–Kier alpha value is -0.120. The molecule has 0 spiro atoms. The first-order chi connectivity index (χ1) is 4.33. The lowest BCUT2D eigenvalue weighted by atomic mass is 10.1. The topological polar surface area (TPSA) is 35.5 Å². The third-order valence-corrected chi connectivity index (χ3v) is 1.73. The Morgan fingerprint density at radius 3 is 2.44 bits per heavy atom. The van der Waals surface area contributed by atoms with Gasteiger partial charge in [-0.3, -0.25) is 0 Å². The van der Waals surface area contributed by atoms with Crippen molar-refractivity contribution in [1.29, 1.82) is 0 Å². The highest BCUT2D eigenvalue weighted by molar-refractivity contribution is 4.71. The van der Waals surface area contributed by atoms with Gasteiger partial charge in [-0.1, -0.05) is 0 Å². The van der Waals surface area contributed by atoms with Crippen molar-refractivity contribution in [2.45, 2.75) is 18.9 Å². The van der Waals surface area contributed by atoms with E-state index in [2.05, 4.69) is 0 Å². The van der Waals surface area contributed by atoms with E-state index in [9.17, 15) is 5.21 Å². The van der Waals surface area contributed by atoms with Crippen LogP contribution in [0.5, 0.6) is 0 Å². The van der Waals surface area contributed by atoms with Crippen LogP contribution in [0.3, 0.4) is 0 Å². The van der Waals surface area contributed by atoms with E-state index in [-0.39, 0.29) is 0 Å². The first kappa shape index (κ1) is 6.99. The second kappa shape index (κ2) is 3.15. The zero-order chi connectivity index (χ0) is 6.69.